The maximum absolute atomic E-state index is 10.7. The van der Waals surface area contributed by atoms with Crippen LogP contribution in [-0.2, 0) is 24.4 Å². The number of aldehydes is 3. The van der Waals surface area contributed by atoms with Crippen molar-refractivity contribution in [2.45, 2.75) is 34.0 Å². The van der Waals surface area contributed by atoms with E-state index in [1.165, 1.54) is 41.0 Å². The molecule has 25 heteroatoms. The molecule has 21 nitrogen and oxygen atoms in total. The molecule has 0 atom stereocenters. The second kappa shape index (κ2) is 47.2. The zero-order valence-electron chi connectivity index (χ0n) is 61.6. The summed E-state index contributed by atoms with van der Waals surface area (Å²) in [6.07, 6.45) is 22.8. The Morgan fingerprint density at radius 2 is 0.832 bits per heavy atom. The Labute approximate surface area is 684 Å². The van der Waals surface area contributed by atoms with Gasteiger partial charge in [-0.05, 0) is 94.3 Å². The van der Waals surface area contributed by atoms with Gasteiger partial charge < -0.3 is 53.8 Å². The number of aliphatic hydroxyl groups excluding tert-OH is 1. The molecule has 0 aliphatic heterocycles. The molecular weight excluding hydrogens is 1610 g/mol. The van der Waals surface area contributed by atoms with Crippen molar-refractivity contribution in [3.8, 4) is 66.8 Å². The maximum Gasteiger partial charge on any atom is 0.488 e. The highest BCUT2D eigenvalue weighted by molar-refractivity contribution is 9.12. The Bertz CT molecular complexity index is 5480. The number of hydrogen-bond acceptors (Lipinski definition) is 16. The average molecular weight is 1700 g/mol. The van der Waals surface area contributed by atoms with Gasteiger partial charge in [-0.25, -0.2) is 28.5 Å². The summed E-state index contributed by atoms with van der Waals surface area (Å²) in [6.45, 7) is 4.28. The highest BCUT2D eigenvalue weighted by Gasteiger charge is 2.13. The number of H-pyrrole nitrogens is 1. The number of rotatable bonds is 16. The van der Waals surface area contributed by atoms with E-state index in [2.05, 4.69) is 150 Å². The van der Waals surface area contributed by atoms with Crippen molar-refractivity contribution in [1.82, 2.24) is 59.3 Å². The number of nitrogens with one attached hydrogen (secondary N) is 3. The monoisotopic (exact) mass is 1700 g/mol. The highest BCUT2D eigenvalue weighted by Crippen LogP contribution is 2.29. The van der Waals surface area contributed by atoms with Gasteiger partial charge in [-0.1, -0.05) is 262 Å². The van der Waals surface area contributed by atoms with Crippen molar-refractivity contribution in [3.05, 3.63) is 360 Å². The standard InChI is InChI=1S/C26H22N4.C19H13N3O.C12H8BrN3.C9H9N3.C7H7BO3.C7H9N.C5H8BrNO.C2H6O.CH4.BrH/c1-3-7-20(8-4-1)15-27-16-21-11-13-22(14-12-21)24-17-28-26-25(18-29-30(26)19-24)23-9-5-2-6-10-23;23-13-14-6-8-15(9-7-14)17-10-20-19-18(11-21-22(19)12-17)16-4-2-1-3-5-16;13-10-6-14-12-11(7-15-16(12)8-10)9-4-2-1-3-5-9;10-9-8(6-11-12-9)7-4-2-1-3-5-7;9-5-6-1-3-7(4-2-6)8(10)11;8-6-7-4-2-1-3-5-7;1-7(2)3-5(6)4-8;1-2-3;;/h1-14,17-19,27H,15-16H2;1-13H;1-8H;1-6H,(H3,10,11,12);1-5,10-11H;1-5H,6,8H2;3-4H,1-2H3;3H,2H2,1H3;1H4;1H/b;;;;;;5-3-;;;. The van der Waals surface area contributed by atoms with Gasteiger partial charge in [0.2, 0.25) is 0 Å². The van der Waals surface area contributed by atoms with Crippen molar-refractivity contribution < 1.29 is 51.4 Å². The molecule has 10 N–H and O–H groups in total. The van der Waals surface area contributed by atoms with Crippen LogP contribution in [0.15, 0.2) is 332 Å². The lowest BCUT2D eigenvalue weighted by Gasteiger charge is -2.07. The minimum atomic E-state index is -1.46. The Kier molecular flexibility index (Phi) is 36.8. The summed E-state index contributed by atoms with van der Waals surface area (Å²) in [6, 6.07) is 82.9. The molecule has 16 rings (SSSR count). The van der Waals surface area contributed by atoms with Gasteiger partial charge in [-0.15, -0.1) is 0 Å². The smallest absolute Gasteiger partial charge is 0.488 e. The number of nitrogens with two attached hydrogens (primary N) is 2. The molecular formula is C88H87BBr3N15O6. The number of allylic oxidation sites excluding steroid dienone is 1. The van der Waals surface area contributed by atoms with Crippen LogP contribution in [0.2, 0.25) is 0 Å². The van der Waals surface area contributed by atoms with E-state index in [1.807, 2.05) is 214 Å². The van der Waals surface area contributed by atoms with E-state index in [0.717, 1.165) is 119 Å². The third-order valence-corrected chi connectivity index (χ3v) is 17.0. The number of nitrogen functional groups attached to an aromatic ring is 1. The lowest BCUT2D eigenvalue weighted by atomic mass is 9.80. The molecule has 0 radical (unpaired) electrons. The largest absolute Gasteiger partial charge is 1.00 e. The van der Waals surface area contributed by atoms with E-state index in [0.29, 0.717) is 39.7 Å². The third kappa shape index (κ3) is 27.1. The van der Waals surface area contributed by atoms with E-state index < -0.39 is 7.12 Å². The van der Waals surface area contributed by atoms with E-state index >= 15 is 0 Å². The van der Waals surface area contributed by atoms with E-state index in [-0.39, 0.29) is 31.0 Å². The topological polar surface area (TPSA) is 300 Å². The van der Waals surface area contributed by atoms with Crippen molar-refractivity contribution in [3.63, 3.8) is 0 Å². The van der Waals surface area contributed by atoms with E-state index in [9.17, 15) is 14.4 Å². The molecule has 0 saturated heterocycles. The van der Waals surface area contributed by atoms with Crippen LogP contribution in [0.1, 0.15) is 51.8 Å². The molecule has 16 aromatic rings. The number of carbonyl (C=O) groups is 3. The molecule has 574 valence electrons. The Balaban J connectivity index is 0.000000191. The summed E-state index contributed by atoms with van der Waals surface area (Å²) < 4.78 is 6.92. The second-order valence-electron chi connectivity index (χ2n) is 24.5. The molecule has 0 bridgehead atoms. The first kappa shape index (κ1) is 88.1. The molecule has 0 saturated carbocycles. The summed E-state index contributed by atoms with van der Waals surface area (Å²) in [7, 11) is 2.41. The van der Waals surface area contributed by atoms with Gasteiger partial charge in [0.05, 0.1) is 43.4 Å². The van der Waals surface area contributed by atoms with Crippen LogP contribution in [-0.4, -0.2) is 116 Å². The minimum Gasteiger partial charge on any atom is -1.00 e. The fourth-order valence-corrected chi connectivity index (χ4v) is 11.4. The fourth-order valence-electron chi connectivity index (χ4n) is 10.7. The van der Waals surface area contributed by atoms with Crippen molar-refractivity contribution in [2.24, 2.45) is 5.73 Å². The van der Waals surface area contributed by atoms with Gasteiger partial charge in [-0.3, -0.25) is 19.5 Å². The molecule has 9 aromatic carbocycles. The van der Waals surface area contributed by atoms with E-state index in [4.69, 9.17) is 26.6 Å². The lowest BCUT2D eigenvalue weighted by Crippen LogP contribution is -3.00. The number of hydrogen-bond donors (Lipinski definition) is 8. The zero-order valence-corrected chi connectivity index (χ0v) is 66.3. The molecule has 7 aromatic heterocycles. The molecule has 0 aliphatic carbocycles. The van der Waals surface area contributed by atoms with Crippen LogP contribution in [0.25, 0.3) is 83.7 Å². The summed E-state index contributed by atoms with van der Waals surface area (Å²) >= 11 is 6.42. The van der Waals surface area contributed by atoms with Crippen LogP contribution in [0.5, 0.6) is 0 Å². The predicted molar refractivity (Wildman–Crippen MR) is 456 cm³/mol. The average Bonchev–Trinajstić information content (AvgIpc) is 1.68. The molecule has 7 heterocycles. The highest BCUT2D eigenvalue weighted by atomic mass is 79.9. The Morgan fingerprint density at radius 3 is 1.18 bits per heavy atom. The van der Waals surface area contributed by atoms with Crippen LogP contribution in [0, 0.1) is 0 Å². The normalized spacial score (nSPS) is 10.3. The summed E-state index contributed by atoms with van der Waals surface area (Å²) in [4.78, 5) is 45.6. The minimum absolute atomic E-state index is 0. The number of halogens is 3. The van der Waals surface area contributed by atoms with Gasteiger partial charge >= 0.3 is 7.12 Å². The molecule has 0 unspecified atom stereocenters. The Hall–Kier alpha value is -12.1. The van der Waals surface area contributed by atoms with Crippen molar-refractivity contribution in [2.75, 3.05) is 26.4 Å². The molecule has 0 amide bonds. The number of quaternary nitrogens is 1. The predicted octanol–water partition coefficient (Wildman–Crippen LogP) is 11.6. The lowest BCUT2D eigenvalue weighted by molar-refractivity contribution is -0.801. The fraction of sp³-hybridized carbons (Fsp3) is 0.0909. The summed E-state index contributed by atoms with van der Waals surface area (Å²) in [5.41, 5.74) is 31.5. The summed E-state index contributed by atoms with van der Waals surface area (Å²) in [5, 5.41) is 48.1. The number of carbonyl (C=O) groups excluding carboxylic acids is 3. The molecule has 0 spiro atoms. The number of nitrogens with zero attached hydrogens (tertiary/aromatic N) is 10. The number of aliphatic hydroxyl groups is 1. The van der Waals surface area contributed by atoms with Gasteiger partial charge in [-0.2, -0.15) is 20.4 Å². The van der Waals surface area contributed by atoms with Gasteiger partial charge in [0.25, 0.3) is 0 Å². The number of anilines is 1. The quantitative estimate of drug-likeness (QED) is 0.0253. The van der Waals surface area contributed by atoms with Gasteiger partial charge in [0, 0.05) is 108 Å². The van der Waals surface area contributed by atoms with Crippen LogP contribution >= 0.6 is 31.9 Å². The molecule has 0 aliphatic rings. The van der Waals surface area contributed by atoms with E-state index in [1.54, 1.807) is 46.7 Å². The maximum atomic E-state index is 10.7. The number of aromatic nitrogens is 11. The van der Waals surface area contributed by atoms with Crippen LogP contribution in [0.3, 0.4) is 0 Å². The number of benzene rings is 9. The number of aromatic amines is 1. The first-order valence-electron chi connectivity index (χ1n) is 35.1. The first-order valence-corrected chi connectivity index (χ1v) is 36.7. The van der Waals surface area contributed by atoms with Crippen LogP contribution < -0.4 is 44.1 Å². The Morgan fingerprint density at radius 1 is 0.478 bits per heavy atom. The molecule has 113 heavy (non-hydrogen) atoms. The molecule has 0 fully saturated rings. The van der Waals surface area contributed by atoms with Crippen molar-refractivity contribution >= 4 is 86.1 Å². The number of fused-ring (bicyclic) bond motifs is 3. The SMILES string of the molecule is Brc1cnc2c(-c3ccccc3)cnn2c1.C.CCO.C[NH+](C)/C=C(\Br)C=O.NCc1ccccc1.Nc1[nH]ncc1-c1ccccc1.O=Cc1ccc(-c2cnc3c(-c4ccccc4)cnn3c2)cc1.O=Cc1ccc(B(O)O)cc1.[Br-].c1ccc(CNCc2ccc(-c3cnc4c(-c5ccccc5)cnn4c3)cc2)cc1. The summed E-state index contributed by atoms with van der Waals surface area (Å²) in [5.74, 6) is 0.612. The van der Waals surface area contributed by atoms with Gasteiger partial charge in [0.15, 0.2) is 23.2 Å². The first-order chi connectivity index (χ1) is 54.2. The second-order valence-corrected chi connectivity index (χ2v) is 26.3. The zero-order chi connectivity index (χ0) is 78.5. The third-order valence-electron chi connectivity index (χ3n) is 16.2. The van der Waals surface area contributed by atoms with Gasteiger partial charge in [0.1, 0.15) is 29.1 Å². The van der Waals surface area contributed by atoms with Crippen molar-refractivity contribution in [1.29, 1.82) is 0 Å². The van der Waals surface area contributed by atoms with Crippen LogP contribution in [0.4, 0.5) is 5.82 Å².